The molecule has 9 nitrogen and oxygen atoms in total. The van der Waals surface area contributed by atoms with Crippen molar-refractivity contribution in [3.8, 4) is 0 Å². The number of carbonyl (C=O) groups is 3. The van der Waals surface area contributed by atoms with Crippen molar-refractivity contribution in [2.24, 2.45) is 4.99 Å². The number of nitrogens with two attached hydrogens (primary N) is 1. The number of rotatable bonds is 9. The number of hydrogen-bond acceptors (Lipinski definition) is 9. The molecule has 248 valence electrons. The van der Waals surface area contributed by atoms with Crippen LogP contribution in [0.1, 0.15) is 32.4 Å². The van der Waals surface area contributed by atoms with Crippen LogP contribution in [0.5, 0.6) is 0 Å². The summed E-state index contributed by atoms with van der Waals surface area (Å²) in [6.45, 7) is 11.4. The summed E-state index contributed by atoms with van der Waals surface area (Å²) in [6.07, 6.45) is 8.10. The molecule has 0 fully saturated rings. The van der Waals surface area contributed by atoms with Crippen molar-refractivity contribution in [2.75, 3.05) is 54.9 Å². The van der Waals surface area contributed by atoms with Gasteiger partial charge in [0.1, 0.15) is 0 Å². The number of aliphatic imine (C=N–C) groups is 1. The number of nitrogens with zero attached hydrogens (tertiary/aromatic N) is 3. The Morgan fingerprint density at radius 2 is 1.24 bits per heavy atom. The number of likely N-dealkylation sites (N-methyl/N-ethyl adjacent to an activating group) is 2. The van der Waals surface area contributed by atoms with Crippen molar-refractivity contribution in [3.63, 3.8) is 0 Å². The molecule has 46 heavy (non-hydrogen) atoms. The van der Waals surface area contributed by atoms with Gasteiger partial charge in [0.25, 0.3) is 0 Å². The Balaban J connectivity index is 0.000000377. The number of nitrogen functional groups attached to an aromatic ring is 1. The Labute approximate surface area is 282 Å². The molecule has 0 spiro atoms. The summed E-state index contributed by atoms with van der Waals surface area (Å²) < 4.78 is 0. The Morgan fingerprint density at radius 1 is 0.739 bits per heavy atom. The normalized spacial score (nSPS) is 14.3. The molecule has 0 radical (unpaired) electrons. The molecule has 2 aliphatic carbocycles. The van der Waals surface area contributed by atoms with E-state index in [0.717, 1.165) is 59.1 Å². The molecule has 0 atom stereocenters. The summed E-state index contributed by atoms with van der Waals surface area (Å²) in [5, 5.41) is 18.1. The fourth-order valence-corrected chi connectivity index (χ4v) is 4.52. The van der Waals surface area contributed by atoms with Crippen LogP contribution in [-0.2, 0) is 14.4 Å². The number of ketones is 3. The molecular weight excluding hydrogens is 627 g/mol. The summed E-state index contributed by atoms with van der Waals surface area (Å²) in [5.74, 6) is -0.744. The van der Waals surface area contributed by atoms with E-state index in [9.17, 15) is 14.4 Å². The van der Waals surface area contributed by atoms with E-state index in [-0.39, 0.29) is 48.1 Å². The molecule has 0 heterocycles. The lowest BCUT2D eigenvalue weighted by molar-refractivity contribution is -0.114. The largest absolute Gasteiger partial charge is 0.399 e. The third-order valence-corrected chi connectivity index (χ3v) is 7.33. The van der Waals surface area contributed by atoms with Crippen LogP contribution in [0, 0.1) is 13.8 Å². The predicted octanol–water partition coefficient (Wildman–Crippen LogP) is 6.00. The van der Waals surface area contributed by atoms with Crippen molar-refractivity contribution < 1.29 is 24.6 Å². The quantitative estimate of drug-likeness (QED) is 0.218. The van der Waals surface area contributed by atoms with Gasteiger partial charge in [-0.25, -0.2) is 4.99 Å². The molecule has 0 aliphatic heterocycles. The zero-order valence-corrected chi connectivity index (χ0v) is 27.5. The number of carbonyl (C=O) groups excluding carboxylic acids is 3. The highest BCUT2D eigenvalue weighted by Crippen LogP contribution is 2.26. The Hall–Kier alpha value is -4.02. The summed E-state index contributed by atoms with van der Waals surface area (Å²) in [6, 6.07) is 11.9. The SMILES string of the molecule is C.CCN(CCO)c1ccc(N)c(C)c1.CCN(CCO)c1ccc(N=C2C=CC(=O)C(Cl)=C2)c(C)c1.O=C1C=CC(=O)C(Cl)=C1. The number of hydrogen-bond donors (Lipinski definition) is 3. The molecule has 4 rings (SSSR count). The number of benzene rings is 2. The lowest BCUT2D eigenvalue weighted by Gasteiger charge is -2.22. The van der Waals surface area contributed by atoms with E-state index >= 15 is 0 Å². The molecule has 0 saturated heterocycles. The highest BCUT2D eigenvalue weighted by Gasteiger charge is 2.11. The molecule has 0 amide bonds. The van der Waals surface area contributed by atoms with E-state index in [1.807, 2.05) is 44.2 Å². The Morgan fingerprint density at radius 3 is 1.67 bits per heavy atom. The fraction of sp³-hybridized carbons (Fsp3) is 0.314. The van der Waals surface area contributed by atoms with Gasteiger partial charge in [-0.1, -0.05) is 30.6 Å². The average molecular weight is 672 g/mol. The van der Waals surface area contributed by atoms with Crippen LogP contribution in [0.15, 0.2) is 87.9 Å². The molecule has 0 bridgehead atoms. The van der Waals surface area contributed by atoms with Gasteiger partial charge in [0.05, 0.1) is 34.7 Å². The first-order valence-corrected chi connectivity index (χ1v) is 15.2. The second kappa shape index (κ2) is 20.2. The van der Waals surface area contributed by atoms with Crippen molar-refractivity contribution in [2.45, 2.75) is 35.1 Å². The number of aryl methyl sites for hydroxylation is 2. The zero-order chi connectivity index (χ0) is 33.5. The third-order valence-electron chi connectivity index (χ3n) is 6.74. The summed E-state index contributed by atoms with van der Waals surface area (Å²) in [5.41, 5.74) is 12.3. The summed E-state index contributed by atoms with van der Waals surface area (Å²) in [4.78, 5) is 41.0. The molecule has 11 heteroatoms. The minimum absolute atomic E-state index is 0. The number of aliphatic hydroxyl groups is 2. The van der Waals surface area contributed by atoms with Gasteiger partial charge in [0.15, 0.2) is 17.3 Å². The molecule has 0 aromatic heterocycles. The standard InChI is InChI=1S/C17H19ClN2O2.C11H18N2O.C6H3ClO2.CH4/c1-3-20(8-9-21)14-5-6-16(12(2)10-14)19-13-4-7-17(22)15(18)11-13;1-3-13(6-7-14)10-4-5-11(12)9(2)8-10;7-5-3-4(8)1-2-6(5)9;/h4-7,10-11,21H,3,8-9H2,1-2H3;4-5,8,14H,3,6-7,12H2,1-2H3;1-3H;1H4. The van der Waals surface area contributed by atoms with Crippen LogP contribution >= 0.6 is 23.2 Å². The fourth-order valence-electron chi connectivity index (χ4n) is 4.18. The Bertz CT molecular complexity index is 1530. The maximum absolute atomic E-state index is 11.3. The monoisotopic (exact) mass is 670 g/mol. The van der Waals surface area contributed by atoms with E-state index in [1.165, 1.54) is 12.2 Å². The predicted molar refractivity (Wildman–Crippen MR) is 192 cm³/mol. The van der Waals surface area contributed by atoms with Crippen LogP contribution in [0.25, 0.3) is 0 Å². The topological polar surface area (TPSA) is 137 Å². The first-order chi connectivity index (χ1) is 21.4. The summed E-state index contributed by atoms with van der Waals surface area (Å²) >= 11 is 11.1. The molecule has 2 aromatic carbocycles. The number of aliphatic hydroxyl groups excluding tert-OH is 2. The molecule has 4 N–H and O–H groups in total. The number of halogens is 2. The lowest BCUT2D eigenvalue weighted by Crippen LogP contribution is -2.26. The third kappa shape index (κ3) is 12.4. The van der Waals surface area contributed by atoms with E-state index in [0.29, 0.717) is 18.8 Å². The van der Waals surface area contributed by atoms with Crippen LogP contribution in [0.4, 0.5) is 22.7 Å². The summed E-state index contributed by atoms with van der Waals surface area (Å²) in [7, 11) is 0. The zero-order valence-electron chi connectivity index (χ0n) is 26.0. The molecule has 0 saturated carbocycles. The molecule has 2 aliphatic rings. The minimum atomic E-state index is -0.309. The van der Waals surface area contributed by atoms with Gasteiger partial charge in [-0.05, 0) is 106 Å². The van der Waals surface area contributed by atoms with E-state index in [4.69, 9.17) is 39.1 Å². The van der Waals surface area contributed by atoms with E-state index in [2.05, 4.69) is 34.7 Å². The van der Waals surface area contributed by atoms with Gasteiger partial charge in [-0.3, -0.25) is 14.4 Å². The van der Waals surface area contributed by atoms with E-state index < -0.39 is 0 Å². The van der Waals surface area contributed by atoms with E-state index in [1.54, 1.807) is 12.2 Å². The minimum Gasteiger partial charge on any atom is -0.399 e. The number of allylic oxidation sites excluding steroid dienone is 8. The average Bonchev–Trinajstić information content (AvgIpc) is 3.01. The van der Waals surface area contributed by atoms with Gasteiger partial charge >= 0.3 is 0 Å². The van der Waals surface area contributed by atoms with Gasteiger partial charge in [-0.15, -0.1) is 0 Å². The van der Waals surface area contributed by atoms with Gasteiger partial charge in [-0.2, -0.15) is 0 Å². The van der Waals surface area contributed by atoms with Crippen molar-refractivity contribution >= 4 is 69.0 Å². The van der Waals surface area contributed by atoms with Crippen LogP contribution < -0.4 is 15.5 Å². The van der Waals surface area contributed by atoms with Gasteiger partial charge < -0.3 is 25.7 Å². The first kappa shape index (κ1) is 40.0. The van der Waals surface area contributed by atoms with Crippen molar-refractivity contribution in [1.82, 2.24) is 0 Å². The second-order valence-corrected chi connectivity index (χ2v) is 10.8. The smallest absolute Gasteiger partial charge is 0.197 e. The van der Waals surface area contributed by atoms with Gasteiger partial charge in [0, 0.05) is 49.3 Å². The maximum atomic E-state index is 11.3. The maximum Gasteiger partial charge on any atom is 0.197 e. The highest BCUT2D eigenvalue weighted by molar-refractivity contribution is 6.47. The van der Waals surface area contributed by atoms with Crippen molar-refractivity contribution in [1.29, 1.82) is 0 Å². The van der Waals surface area contributed by atoms with Crippen LogP contribution in [0.2, 0.25) is 0 Å². The second-order valence-electron chi connectivity index (χ2n) is 9.94. The highest BCUT2D eigenvalue weighted by atomic mass is 35.5. The van der Waals surface area contributed by atoms with Crippen LogP contribution in [0.3, 0.4) is 0 Å². The van der Waals surface area contributed by atoms with Crippen molar-refractivity contribution in [3.05, 3.63) is 94.0 Å². The first-order valence-electron chi connectivity index (χ1n) is 14.4. The van der Waals surface area contributed by atoms with Crippen LogP contribution in [-0.4, -0.2) is 72.7 Å². The lowest BCUT2D eigenvalue weighted by atomic mass is 10.1. The van der Waals surface area contributed by atoms with Gasteiger partial charge in [0.2, 0.25) is 0 Å². The number of anilines is 3. The molecule has 0 unspecified atom stereocenters. The molecular formula is C35H44Cl2N4O5. The molecule has 2 aromatic rings. The Kier molecular flexibility index (Phi) is 17.5.